The number of hydrogen-bond donors (Lipinski definition) is 3. The lowest BCUT2D eigenvalue weighted by atomic mass is 9.93. The molecule has 0 radical (unpaired) electrons. The summed E-state index contributed by atoms with van der Waals surface area (Å²) in [6.07, 6.45) is 6.67. The summed E-state index contributed by atoms with van der Waals surface area (Å²) in [6, 6.07) is 8.65. The first-order valence-electron chi connectivity index (χ1n) is 10.3. The standard InChI is InChI=1S/C22H28N4OS.CH3N/c1-16-12-24-20(25-13-16)17-3-5-18(6-4-17)22(7-8-22)14-26-9-10-28-21(2,15-27)11-19(26)23;1-2/h3-6,12-13,23,27H,7-11,14-15H2,1-2H3;2H,1H2. The summed E-state index contributed by atoms with van der Waals surface area (Å²) in [5, 5.41) is 23.8. The molecule has 2 aromatic rings. The van der Waals surface area contributed by atoms with E-state index in [1.807, 2.05) is 19.3 Å². The number of thioether (sulfide) groups is 1. The molecular weight excluding hydrogens is 394 g/mol. The molecule has 3 N–H and O–H groups in total. The lowest BCUT2D eigenvalue weighted by molar-refractivity contribution is 0.257. The van der Waals surface area contributed by atoms with Crippen LogP contribution < -0.4 is 0 Å². The number of aryl methyl sites for hydroxylation is 1. The molecule has 1 aromatic carbocycles. The van der Waals surface area contributed by atoms with Gasteiger partial charge in [0.15, 0.2) is 5.82 Å². The third-order valence-corrected chi connectivity index (χ3v) is 7.31. The van der Waals surface area contributed by atoms with Crippen LogP contribution in [0.3, 0.4) is 0 Å². The predicted octanol–water partition coefficient (Wildman–Crippen LogP) is 3.92. The number of rotatable bonds is 5. The van der Waals surface area contributed by atoms with Gasteiger partial charge in [-0.2, -0.15) is 11.8 Å². The van der Waals surface area contributed by atoms with Gasteiger partial charge in [-0.15, -0.1) is 0 Å². The molecule has 2 heterocycles. The van der Waals surface area contributed by atoms with E-state index in [1.165, 1.54) is 18.4 Å². The van der Waals surface area contributed by atoms with Crippen molar-refractivity contribution in [2.24, 2.45) is 0 Å². The maximum atomic E-state index is 9.69. The van der Waals surface area contributed by atoms with Gasteiger partial charge < -0.3 is 15.4 Å². The van der Waals surface area contributed by atoms with Gasteiger partial charge in [0.25, 0.3) is 0 Å². The largest absolute Gasteiger partial charge is 0.395 e. The minimum absolute atomic E-state index is 0.127. The summed E-state index contributed by atoms with van der Waals surface area (Å²) in [5.41, 5.74) is 3.60. The molecule has 1 saturated carbocycles. The van der Waals surface area contributed by atoms with E-state index in [0.29, 0.717) is 12.3 Å². The zero-order valence-electron chi connectivity index (χ0n) is 17.8. The van der Waals surface area contributed by atoms with E-state index in [2.05, 4.69) is 52.8 Å². The molecule has 6 nitrogen and oxygen atoms in total. The third kappa shape index (κ3) is 4.90. The molecule has 0 spiro atoms. The summed E-state index contributed by atoms with van der Waals surface area (Å²) in [7, 11) is 0. The predicted molar refractivity (Wildman–Crippen MR) is 125 cm³/mol. The Balaban J connectivity index is 0.00000124. The molecule has 1 aliphatic heterocycles. The Morgan fingerprint density at radius 2 is 1.80 bits per heavy atom. The highest BCUT2D eigenvalue weighted by Gasteiger charge is 2.46. The van der Waals surface area contributed by atoms with Gasteiger partial charge in [0.1, 0.15) is 0 Å². The molecule has 1 aliphatic carbocycles. The van der Waals surface area contributed by atoms with Crippen molar-refractivity contribution in [3.63, 3.8) is 0 Å². The Kier molecular flexibility index (Phi) is 6.93. The highest BCUT2D eigenvalue weighted by atomic mass is 32.2. The van der Waals surface area contributed by atoms with E-state index in [4.69, 9.17) is 10.8 Å². The summed E-state index contributed by atoms with van der Waals surface area (Å²) >= 11 is 1.79. The van der Waals surface area contributed by atoms with Gasteiger partial charge in [-0.05, 0) is 44.5 Å². The number of benzene rings is 1. The van der Waals surface area contributed by atoms with Gasteiger partial charge in [0, 0.05) is 53.4 Å². The fourth-order valence-corrected chi connectivity index (χ4v) is 5.03. The van der Waals surface area contributed by atoms with E-state index in [9.17, 15) is 5.11 Å². The molecule has 1 unspecified atom stereocenters. The molecule has 2 aliphatic rings. The van der Waals surface area contributed by atoms with Crippen molar-refractivity contribution in [3.8, 4) is 11.4 Å². The summed E-state index contributed by atoms with van der Waals surface area (Å²) in [4.78, 5) is 11.1. The summed E-state index contributed by atoms with van der Waals surface area (Å²) in [6.45, 7) is 8.46. The normalized spacial score (nSPS) is 22.6. The zero-order chi connectivity index (χ0) is 21.8. The van der Waals surface area contributed by atoms with Crippen LogP contribution in [0.5, 0.6) is 0 Å². The van der Waals surface area contributed by atoms with Crippen LogP contribution >= 0.6 is 11.8 Å². The van der Waals surface area contributed by atoms with Crippen molar-refractivity contribution in [2.75, 3.05) is 25.4 Å². The average molecular weight is 426 g/mol. The molecule has 1 aromatic heterocycles. The highest BCUT2D eigenvalue weighted by molar-refractivity contribution is 8.00. The number of nitrogens with zero attached hydrogens (tertiary/aromatic N) is 3. The van der Waals surface area contributed by atoms with Crippen LogP contribution in [-0.4, -0.2) is 62.7 Å². The molecule has 7 heteroatoms. The molecule has 0 bridgehead atoms. The topological polar surface area (TPSA) is 97.0 Å². The first kappa shape index (κ1) is 22.4. The summed E-state index contributed by atoms with van der Waals surface area (Å²) in [5.74, 6) is 2.38. The second-order valence-electron chi connectivity index (χ2n) is 8.44. The van der Waals surface area contributed by atoms with E-state index < -0.39 is 0 Å². The second kappa shape index (κ2) is 9.27. The molecule has 160 valence electrons. The van der Waals surface area contributed by atoms with Gasteiger partial charge in [-0.25, -0.2) is 9.97 Å². The van der Waals surface area contributed by atoms with Crippen molar-refractivity contribution in [3.05, 3.63) is 47.8 Å². The lowest BCUT2D eigenvalue weighted by Gasteiger charge is -2.30. The van der Waals surface area contributed by atoms with E-state index in [-0.39, 0.29) is 16.8 Å². The summed E-state index contributed by atoms with van der Waals surface area (Å²) < 4.78 is -0.224. The van der Waals surface area contributed by atoms with Crippen LogP contribution in [0.4, 0.5) is 0 Å². The number of aromatic nitrogens is 2. The van der Waals surface area contributed by atoms with Crippen molar-refractivity contribution in [2.45, 2.75) is 43.3 Å². The first-order valence-corrected chi connectivity index (χ1v) is 11.2. The Morgan fingerprint density at radius 3 is 2.37 bits per heavy atom. The van der Waals surface area contributed by atoms with Crippen LogP contribution in [0.1, 0.15) is 37.3 Å². The number of amidine groups is 1. The fraction of sp³-hybridized carbons (Fsp3) is 0.478. The number of aliphatic hydroxyl groups excluding tert-OH is 1. The van der Waals surface area contributed by atoms with Crippen LogP contribution in [0.2, 0.25) is 0 Å². The van der Waals surface area contributed by atoms with Gasteiger partial charge in [0.2, 0.25) is 0 Å². The Morgan fingerprint density at radius 1 is 1.17 bits per heavy atom. The van der Waals surface area contributed by atoms with Crippen LogP contribution in [0.15, 0.2) is 36.7 Å². The van der Waals surface area contributed by atoms with Crippen molar-refractivity contribution in [1.82, 2.24) is 14.9 Å². The van der Waals surface area contributed by atoms with Gasteiger partial charge >= 0.3 is 0 Å². The number of aliphatic hydroxyl groups is 1. The number of nitrogens with one attached hydrogen (secondary N) is 2. The second-order valence-corrected chi connectivity index (χ2v) is 10.1. The molecule has 0 amide bonds. The van der Waals surface area contributed by atoms with E-state index in [1.54, 1.807) is 11.8 Å². The van der Waals surface area contributed by atoms with E-state index in [0.717, 1.165) is 35.8 Å². The quantitative estimate of drug-likeness (QED) is 0.631. The smallest absolute Gasteiger partial charge is 0.159 e. The maximum Gasteiger partial charge on any atom is 0.159 e. The molecule has 1 atom stereocenters. The lowest BCUT2D eigenvalue weighted by Crippen LogP contribution is -2.39. The van der Waals surface area contributed by atoms with Crippen LogP contribution in [-0.2, 0) is 5.41 Å². The van der Waals surface area contributed by atoms with Crippen molar-refractivity contribution in [1.29, 1.82) is 10.8 Å². The monoisotopic (exact) mass is 425 g/mol. The maximum absolute atomic E-state index is 9.69. The molecular formula is C23H31N5OS. The molecule has 2 fully saturated rings. The van der Waals surface area contributed by atoms with Gasteiger partial charge in [0.05, 0.1) is 12.4 Å². The Hall–Kier alpha value is -2.25. The molecule has 30 heavy (non-hydrogen) atoms. The van der Waals surface area contributed by atoms with Gasteiger partial charge in [-0.3, -0.25) is 5.41 Å². The first-order chi connectivity index (χ1) is 14.4. The zero-order valence-corrected chi connectivity index (χ0v) is 18.6. The Bertz CT molecular complexity index is 866. The van der Waals surface area contributed by atoms with Crippen molar-refractivity contribution < 1.29 is 5.11 Å². The molecule has 4 rings (SSSR count). The molecule has 1 saturated heterocycles. The van der Waals surface area contributed by atoms with Crippen molar-refractivity contribution >= 4 is 24.3 Å². The minimum atomic E-state index is -0.224. The van der Waals surface area contributed by atoms with Crippen LogP contribution in [0, 0.1) is 17.7 Å². The van der Waals surface area contributed by atoms with Crippen LogP contribution in [0.25, 0.3) is 11.4 Å². The third-order valence-electron chi connectivity index (χ3n) is 5.95. The number of hydrogen-bond acceptors (Lipinski definition) is 6. The fourth-order valence-electron chi connectivity index (χ4n) is 3.90. The highest BCUT2D eigenvalue weighted by Crippen LogP contribution is 2.49. The van der Waals surface area contributed by atoms with Gasteiger partial charge in [-0.1, -0.05) is 24.3 Å². The minimum Gasteiger partial charge on any atom is -0.395 e. The SMILES string of the molecule is C=N.Cc1cnc(-c2ccc(C3(CN4CCSC(C)(CO)CC4=N)CC3)cc2)nc1. The van der Waals surface area contributed by atoms with E-state index >= 15 is 0 Å². The Labute approximate surface area is 183 Å². The average Bonchev–Trinajstić information content (AvgIpc) is 3.57.